The van der Waals surface area contributed by atoms with E-state index in [9.17, 15) is 0 Å². The van der Waals surface area contributed by atoms with Crippen molar-refractivity contribution in [2.45, 2.75) is 9.79 Å². The number of nitrogens with zero attached hydrogens (tertiary/aromatic N) is 1. The van der Waals surface area contributed by atoms with E-state index in [0.29, 0.717) is 0 Å². The van der Waals surface area contributed by atoms with Gasteiger partial charge < -0.3 is 0 Å². The van der Waals surface area contributed by atoms with E-state index in [1.54, 1.807) is 11.8 Å². The molecule has 0 saturated heterocycles. The Labute approximate surface area is 92.2 Å². The van der Waals surface area contributed by atoms with Crippen molar-refractivity contribution in [3.05, 3.63) is 53.0 Å². The van der Waals surface area contributed by atoms with E-state index >= 15 is 0 Å². The van der Waals surface area contributed by atoms with Crippen molar-refractivity contribution in [1.82, 2.24) is 0 Å². The van der Waals surface area contributed by atoms with Crippen molar-refractivity contribution < 1.29 is 0 Å². The Balaban J connectivity index is 2.33. The first-order chi connectivity index (χ1) is 7.33. The Morgan fingerprint density at radius 1 is 1.00 bits per heavy atom. The summed E-state index contributed by atoms with van der Waals surface area (Å²) in [6, 6.07) is 14.3. The van der Waals surface area contributed by atoms with Gasteiger partial charge in [-0.3, -0.25) is 0 Å². The first kappa shape index (κ1) is 8.74. The van der Waals surface area contributed by atoms with Crippen molar-refractivity contribution in [1.29, 1.82) is 0 Å². The SMILES string of the molecule is C=c1ccc2c(c1)Sc1ccccc1N=2. The maximum atomic E-state index is 4.60. The summed E-state index contributed by atoms with van der Waals surface area (Å²) < 4.78 is 0. The molecule has 0 spiro atoms. The monoisotopic (exact) mass is 211 g/mol. The molecule has 1 nitrogen and oxygen atoms in total. The lowest BCUT2D eigenvalue weighted by atomic mass is 10.3. The molecule has 0 N–H and O–H groups in total. The number of hydrogen-bond donors (Lipinski definition) is 0. The second-order valence-corrected chi connectivity index (χ2v) is 4.57. The normalized spacial score (nSPS) is 12.5. The summed E-state index contributed by atoms with van der Waals surface area (Å²) in [5.74, 6) is 0. The van der Waals surface area contributed by atoms with Crippen molar-refractivity contribution >= 4 is 24.0 Å². The average molecular weight is 211 g/mol. The average Bonchev–Trinajstić information content (AvgIpc) is 2.26. The van der Waals surface area contributed by atoms with Crippen LogP contribution in [0.1, 0.15) is 0 Å². The van der Waals surface area contributed by atoms with E-state index < -0.39 is 0 Å². The number of benzene rings is 2. The molecule has 0 unspecified atom stereocenters. The largest absolute Gasteiger partial charge is 0.247 e. The van der Waals surface area contributed by atoms with Crippen LogP contribution in [0.2, 0.25) is 0 Å². The second kappa shape index (κ2) is 3.24. The molecule has 1 heterocycles. The second-order valence-electron chi connectivity index (χ2n) is 3.48. The number of para-hydroxylation sites is 1. The molecule has 3 rings (SSSR count). The van der Waals surface area contributed by atoms with Crippen LogP contribution in [-0.4, -0.2) is 0 Å². The molecule has 0 radical (unpaired) electrons. The van der Waals surface area contributed by atoms with Crippen LogP contribution < -0.4 is 10.6 Å². The summed E-state index contributed by atoms with van der Waals surface area (Å²) in [6.07, 6.45) is 0. The molecule has 0 saturated carbocycles. The molecule has 0 aliphatic carbocycles. The summed E-state index contributed by atoms with van der Waals surface area (Å²) in [4.78, 5) is 7.02. The van der Waals surface area contributed by atoms with Gasteiger partial charge >= 0.3 is 0 Å². The van der Waals surface area contributed by atoms with Crippen molar-refractivity contribution in [2.75, 3.05) is 0 Å². The topological polar surface area (TPSA) is 12.4 Å². The highest BCUT2D eigenvalue weighted by Gasteiger charge is 2.09. The Morgan fingerprint density at radius 2 is 1.87 bits per heavy atom. The lowest BCUT2D eigenvalue weighted by Crippen LogP contribution is -2.12. The lowest BCUT2D eigenvalue weighted by Gasteiger charge is -2.10. The van der Waals surface area contributed by atoms with Gasteiger partial charge in [-0.2, -0.15) is 0 Å². The van der Waals surface area contributed by atoms with E-state index in [0.717, 1.165) is 16.3 Å². The maximum Gasteiger partial charge on any atom is 0.0777 e. The number of rotatable bonds is 0. The van der Waals surface area contributed by atoms with Crippen molar-refractivity contribution in [3.63, 3.8) is 0 Å². The summed E-state index contributed by atoms with van der Waals surface area (Å²) in [7, 11) is 0. The van der Waals surface area contributed by atoms with Crippen molar-refractivity contribution in [3.8, 4) is 0 Å². The molecule has 0 amide bonds. The fraction of sp³-hybridized carbons (Fsp3) is 0. The Bertz CT molecular complexity index is 631. The third-order valence-electron chi connectivity index (χ3n) is 2.35. The van der Waals surface area contributed by atoms with Crippen molar-refractivity contribution in [2.24, 2.45) is 4.99 Å². The molecular formula is C13H9NS. The van der Waals surface area contributed by atoms with E-state index in [-0.39, 0.29) is 0 Å². The van der Waals surface area contributed by atoms with Crippen LogP contribution in [0.25, 0.3) is 6.58 Å². The van der Waals surface area contributed by atoms with Crippen LogP contribution in [0.15, 0.2) is 57.2 Å². The van der Waals surface area contributed by atoms with Gasteiger partial charge in [0, 0.05) is 9.79 Å². The first-order valence-corrected chi connectivity index (χ1v) is 5.59. The molecule has 72 valence electrons. The lowest BCUT2D eigenvalue weighted by molar-refractivity contribution is 1.16. The minimum Gasteiger partial charge on any atom is -0.247 e. The predicted molar refractivity (Wildman–Crippen MR) is 63.0 cm³/mol. The van der Waals surface area contributed by atoms with Gasteiger partial charge in [0.25, 0.3) is 0 Å². The van der Waals surface area contributed by atoms with E-state index in [4.69, 9.17) is 0 Å². The predicted octanol–water partition coefficient (Wildman–Crippen LogP) is 2.51. The van der Waals surface area contributed by atoms with Gasteiger partial charge in [-0.05, 0) is 29.5 Å². The molecule has 2 heteroatoms. The summed E-state index contributed by atoms with van der Waals surface area (Å²) in [5.41, 5.74) is 1.06. The van der Waals surface area contributed by atoms with Crippen LogP contribution in [0.5, 0.6) is 0 Å². The van der Waals surface area contributed by atoms with Crippen LogP contribution in [0, 0.1) is 0 Å². The van der Waals surface area contributed by atoms with Gasteiger partial charge in [-0.1, -0.05) is 36.5 Å². The summed E-state index contributed by atoms with van der Waals surface area (Å²) in [6.45, 7) is 3.93. The van der Waals surface area contributed by atoms with E-state index in [1.165, 1.54) is 9.79 Å². The minimum absolute atomic E-state index is 1.04. The Hall–Kier alpha value is -1.54. The summed E-state index contributed by atoms with van der Waals surface area (Å²) in [5, 5.41) is 2.09. The first-order valence-electron chi connectivity index (χ1n) is 4.77. The molecule has 0 aromatic heterocycles. The molecule has 1 aliphatic heterocycles. The van der Waals surface area contributed by atoms with Gasteiger partial charge in [-0.15, -0.1) is 0 Å². The van der Waals surface area contributed by atoms with E-state index in [1.807, 2.05) is 30.3 Å². The molecule has 0 fully saturated rings. The Morgan fingerprint density at radius 3 is 2.80 bits per heavy atom. The van der Waals surface area contributed by atoms with E-state index in [2.05, 4.69) is 23.7 Å². The summed E-state index contributed by atoms with van der Waals surface area (Å²) >= 11 is 1.76. The maximum absolute atomic E-state index is 4.60. The van der Waals surface area contributed by atoms with Gasteiger partial charge in [0.05, 0.1) is 11.0 Å². The number of fused-ring (bicyclic) bond motifs is 2. The van der Waals surface area contributed by atoms with Gasteiger partial charge in [0.2, 0.25) is 0 Å². The molecule has 0 bridgehead atoms. The highest BCUT2D eigenvalue weighted by molar-refractivity contribution is 7.99. The highest BCUT2D eigenvalue weighted by Crippen LogP contribution is 2.35. The van der Waals surface area contributed by atoms with Crippen LogP contribution in [0.3, 0.4) is 0 Å². The molecule has 15 heavy (non-hydrogen) atoms. The molecule has 0 atom stereocenters. The number of hydrogen-bond acceptors (Lipinski definition) is 2. The molecule has 2 aromatic rings. The Kier molecular flexibility index (Phi) is 1.89. The third-order valence-corrected chi connectivity index (χ3v) is 3.46. The van der Waals surface area contributed by atoms with Crippen LogP contribution in [-0.2, 0) is 0 Å². The fourth-order valence-electron chi connectivity index (χ4n) is 1.62. The highest BCUT2D eigenvalue weighted by atomic mass is 32.2. The van der Waals surface area contributed by atoms with Gasteiger partial charge in [0.1, 0.15) is 0 Å². The fourth-order valence-corrected chi connectivity index (χ4v) is 2.65. The molecular weight excluding hydrogens is 202 g/mol. The zero-order valence-corrected chi connectivity index (χ0v) is 8.92. The zero-order valence-electron chi connectivity index (χ0n) is 8.10. The minimum atomic E-state index is 1.04. The third kappa shape index (κ3) is 1.47. The van der Waals surface area contributed by atoms with Crippen LogP contribution >= 0.6 is 11.8 Å². The van der Waals surface area contributed by atoms with Gasteiger partial charge in [0.15, 0.2) is 0 Å². The van der Waals surface area contributed by atoms with Gasteiger partial charge in [-0.25, -0.2) is 4.99 Å². The molecule has 1 aliphatic rings. The standard InChI is InChI=1S/C13H9NS/c1-9-6-7-11-13(8-9)15-12-5-3-2-4-10(12)14-11/h2-8H,1H2. The molecule has 2 aromatic carbocycles. The zero-order chi connectivity index (χ0) is 10.3. The quantitative estimate of drug-likeness (QED) is 0.556. The van der Waals surface area contributed by atoms with Crippen LogP contribution in [0.4, 0.5) is 5.69 Å². The smallest absolute Gasteiger partial charge is 0.0777 e.